The molecule has 0 aliphatic heterocycles. The minimum atomic E-state index is -0.583. The van der Waals surface area contributed by atoms with Gasteiger partial charge < -0.3 is 10.2 Å². The molecule has 3 nitrogen and oxygen atoms in total. The number of carboxylic acids is 1. The average Bonchev–Trinajstić information content (AvgIpc) is 2.87. The highest BCUT2D eigenvalue weighted by molar-refractivity contribution is 5.75. The van der Waals surface area contributed by atoms with Crippen LogP contribution in [-0.4, -0.2) is 21.8 Å². The molecule has 0 amide bonds. The number of hydrogen-bond acceptors (Lipinski definition) is 2. The van der Waals surface area contributed by atoms with Crippen molar-refractivity contribution in [2.24, 2.45) is 34.0 Å². The lowest BCUT2D eigenvalue weighted by molar-refractivity contribution is -0.205. The first-order valence-corrected chi connectivity index (χ1v) is 9.62. The maximum absolute atomic E-state index is 12.1. The van der Waals surface area contributed by atoms with Crippen LogP contribution in [0.1, 0.15) is 78.6 Å². The van der Waals surface area contributed by atoms with Gasteiger partial charge in [-0.15, -0.1) is 0 Å². The topological polar surface area (TPSA) is 57.5 Å². The third-order valence-electron chi connectivity index (χ3n) is 9.23. The van der Waals surface area contributed by atoms with E-state index in [1.807, 2.05) is 13.8 Å². The van der Waals surface area contributed by atoms with Crippen LogP contribution < -0.4 is 0 Å². The summed E-state index contributed by atoms with van der Waals surface area (Å²) in [5.41, 5.74) is -0.615. The van der Waals surface area contributed by atoms with E-state index in [0.717, 1.165) is 44.9 Å². The third-order valence-corrected chi connectivity index (χ3v) is 9.23. The molecule has 4 aliphatic carbocycles. The van der Waals surface area contributed by atoms with Gasteiger partial charge in [0.25, 0.3) is 0 Å². The number of hydrogen-bond donors (Lipinski definition) is 2. The molecule has 1 spiro atoms. The van der Waals surface area contributed by atoms with Gasteiger partial charge in [0, 0.05) is 0 Å². The van der Waals surface area contributed by atoms with Crippen molar-refractivity contribution in [3.63, 3.8) is 0 Å². The van der Waals surface area contributed by atoms with Crippen molar-refractivity contribution >= 4 is 5.97 Å². The monoisotopic (exact) mass is 320 g/mol. The molecule has 2 bridgehead atoms. The predicted octanol–water partition coefficient (Wildman–Crippen LogP) is 4.23. The Morgan fingerprint density at radius 3 is 2.39 bits per heavy atom. The highest BCUT2D eigenvalue weighted by Gasteiger charge is 2.69. The number of rotatable bonds is 1. The summed E-state index contributed by atoms with van der Waals surface area (Å²) in [6.45, 7) is 6.48. The van der Waals surface area contributed by atoms with Crippen LogP contribution in [0.2, 0.25) is 0 Å². The highest BCUT2D eigenvalue weighted by Crippen LogP contribution is 2.75. The van der Waals surface area contributed by atoms with E-state index in [2.05, 4.69) is 6.92 Å². The van der Waals surface area contributed by atoms with Gasteiger partial charge >= 0.3 is 5.97 Å². The zero-order valence-corrected chi connectivity index (χ0v) is 14.9. The fourth-order valence-electron chi connectivity index (χ4n) is 7.93. The molecular weight excluding hydrogens is 288 g/mol. The van der Waals surface area contributed by atoms with Crippen LogP contribution in [0.15, 0.2) is 0 Å². The van der Waals surface area contributed by atoms with Gasteiger partial charge in [-0.1, -0.05) is 13.3 Å². The Morgan fingerprint density at radius 2 is 1.70 bits per heavy atom. The van der Waals surface area contributed by atoms with Gasteiger partial charge in [0.05, 0.1) is 11.0 Å². The number of carbonyl (C=O) groups is 1. The molecule has 4 saturated carbocycles. The normalized spacial score (nSPS) is 58.3. The van der Waals surface area contributed by atoms with Crippen molar-refractivity contribution in [3.8, 4) is 0 Å². The van der Waals surface area contributed by atoms with E-state index >= 15 is 0 Å². The molecule has 4 rings (SSSR count). The number of aliphatic carboxylic acids is 1. The Labute approximate surface area is 139 Å². The SMILES string of the molecule is C[C@]1(O)C[C@@H]2CC[C@H]3[C@](C)(C(=O)O)CCC[C@]3(C)[C@@]23CC[C@@H]1C3. The minimum Gasteiger partial charge on any atom is -0.481 e. The Kier molecular flexibility index (Phi) is 3.14. The quantitative estimate of drug-likeness (QED) is 0.760. The first-order chi connectivity index (χ1) is 10.7. The number of carboxylic acid groups (broad SMARTS) is 1. The smallest absolute Gasteiger partial charge is 0.309 e. The number of aliphatic hydroxyl groups is 1. The molecule has 0 aromatic carbocycles. The van der Waals surface area contributed by atoms with E-state index in [1.54, 1.807) is 0 Å². The zero-order chi connectivity index (χ0) is 16.7. The summed E-state index contributed by atoms with van der Waals surface area (Å²) >= 11 is 0. The second kappa shape index (κ2) is 4.53. The Morgan fingerprint density at radius 1 is 0.957 bits per heavy atom. The van der Waals surface area contributed by atoms with Crippen LogP contribution >= 0.6 is 0 Å². The summed E-state index contributed by atoms with van der Waals surface area (Å²) in [6.07, 6.45) is 9.63. The lowest BCUT2D eigenvalue weighted by Crippen LogP contribution is -2.62. The van der Waals surface area contributed by atoms with E-state index < -0.39 is 17.0 Å². The molecule has 3 heteroatoms. The molecule has 0 radical (unpaired) electrons. The lowest BCUT2D eigenvalue weighted by atomic mass is 9.38. The van der Waals surface area contributed by atoms with E-state index in [-0.39, 0.29) is 5.41 Å². The maximum atomic E-state index is 12.1. The molecular formula is C20H32O3. The molecule has 0 saturated heterocycles. The lowest BCUT2D eigenvalue weighted by Gasteiger charge is -2.66. The Hall–Kier alpha value is -0.570. The molecule has 7 atom stereocenters. The second-order valence-electron chi connectivity index (χ2n) is 9.98. The molecule has 4 aliphatic rings. The van der Waals surface area contributed by atoms with E-state index in [1.165, 1.54) is 12.8 Å². The van der Waals surface area contributed by atoms with Gasteiger partial charge in [-0.3, -0.25) is 4.79 Å². The molecule has 0 aromatic heterocycles. The summed E-state index contributed by atoms with van der Waals surface area (Å²) in [5, 5.41) is 20.8. The standard InChI is InChI=1S/C20H32O3/c1-17(16(21)22)8-4-9-18(2)15(17)6-5-14-11-19(3,23)13-7-10-20(14,18)12-13/h13-15,23H,4-12H2,1-3H3,(H,21,22)/t13-,14+,15+,17-,18+,19+,20-/m1/s1. The van der Waals surface area contributed by atoms with Crippen molar-refractivity contribution in [2.75, 3.05) is 0 Å². The van der Waals surface area contributed by atoms with Gasteiger partial charge in [0.15, 0.2) is 0 Å². The maximum Gasteiger partial charge on any atom is 0.309 e. The largest absolute Gasteiger partial charge is 0.481 e. The molecule has 0 unspecified atom stereocenters. The van der Waals surface area contributed by atoms with E-state index in [9.17, 15) is 15.0 Å². The first-order valence-electron chi connectivity index (χ1n) is 9.62. The van der Waals surface area contributed by atoms with Crippen molar-refractivity contribution < 1.29 is 15.0 Å². The van der Waals surface area contributed by atoms with E-state index in [0.29, 0.717) is 23.2 Å². The van der Waals surface area contributed by atoms with Crippen molar-refractivity contribution in [3.05, 3.63) is 0 Å². The van der Waals surface area contributed by atoms with Gasteiger partial charge in [-0.25, -0.2) is 0 Å². The van der Waals surface area contributed by atoms with Crippen LogP contribution in [0, 0.1) is 34.0 Å². The molecule has 2 N–H and O–H groups in total. The van der Waals surface area contributed by atoms with Crippen LogP contribution in [-0.2, 0) is 4.79 Å². The van der Waals surface area contributed by atoms with Crippen LogP contribution in [0.5, 0.6) is 0 Å². The first kappa shape index (κ1) is 15.9. The Bertz CT molecular complexity index is 541. The van der Waals surface area contributed by atoms with Gasteiger partial charge in [0.2, 0.25) is 0 Å². The van der Waals surface area contributed by atoms with Crippen molar-refractivity contribution in [1.29, 1.82) is 0 Å². The van der Waals surface area contributed by atoms with Crippen molar-refractivity contribution in [2.45, 2.75) is 84.2 Å². The summed E-state index contributed by atoms with van der Waals surface area (Å²) in [4.78, 5) is 12.1. The summed E-state index contributed by atoms with van der Waals surface area (Å²) < 4.78 is 0. The predicted molar refractivity (Wildman–Crippen MR) is 88.9 cm³/mol. The number of fused-ring (bicyclic) bond motifs is 2. The third kappa shape index (κ3) is 1.78. The highest BCUT2D eigenvalue weighted by atomic mass is 16.4. The van der Waals surface area contributed by atoms with E-state index in [4.69, 9.17) is 0 Å². The van der Waals surface area contributed by atoms with Crippen molar-refractivity contribution in [1.82, 2.24) is 0 Å². The zero-order valence-electron chi connectivity index (χ0n) is 14.9. The minimum absolute atomic E-state index is 0.145. The molecule has 0 aromatic rings. The molecule has 4 fully saturated rings. The Balaban J connectivity index is 1.78. The van der Waals surface area contributed by atoms with Crippen LogP contribution in [0.4, 0.5) is 0 Å². The average molecular weight is 320 g/mol. The van der Waals surface area contributed by atoms with Gasteiger partial charge in [0.1, 0.15) is 0 Å². The molecule has 0 heterocycles. The van der Waals surface area contributed by atoms with Gasteiger partial charge in [-0.2, -0.15) is 0 Å². The molecule has 130 valence electrons. The molecule has 23 heavy (non-hydrogen) atoms. The van der Waals surface area contributed by atoms with Crippen LogP contribution in [0.25, 0.3) is 0 Å². The van der Waals surface area contributed by atoms with Crippen LogP contribution in [0.3, 0.4) is 0 Å². The summed E-state index contributed by atoms with van der Waals surface area (Å²) in [5.74, 6) is 0.737. The summed E-state index contributed by atoms with van der Waals surface area (Å²) in [7, 11) is 0. The fourth-order valence-corrected chi connectivity index (χ4v) is 7.93. The van der Waals surface area contributed by atoms with Gasteiger partial charge in [-0.05, 0) is 93.8 Å². The fraction of sp³-hybridized carbons (Fsp3) is 0.950. The second-order valence-corrected chi connectivity index (χ2v) is 9.98. The summed E-state index contributed by atoms with van der Waals surface area (Å²) in [6, 6.07) is 0.